The van der Waals surface area contributed by atoms with Crippen LogP contribution in [0, 0.1) is 51.9 Å². The van der Waals surface area contributed by atoms with Crippen molar-refractivity contribution in [3.63, 3.8) is 0 Å². The second kappa shape index (κ2) is 11.2. The van der Waals surface area contributed by atoms with Gasteiger partial charge >= 0.3 is 49.4 Å². The van der Waals surface area contributed by atoms with Crippen LogP contribution in [0.2, 0.25) is 0 Å². The summed E-state index contributed by atoms with van der Waals surface area (Å²) in [6, 6.07) is 0. The van der Waals surface area contributed by atoms with Crippen LogP contribution in [0.1, 0.15) is 55.4 Å². The molecule has 0 aromatic carbocycles. The molecule has 1 nitrogen and oxygen atoms in total. The van der Waals surface area contributed by atoms with E-state index in [9.17, 15) is 0 Å². The summed E-state index contributed by atoms with van der Waals surface area (Å²) in [7, 11) is 0. The molecule has 0 saturated heterocycles. The van der Waals surface area contributed by atoms with Gasteiger partial charge in [0.25, 0.3) is 0 Å². The summed E-state index contributed by atoms with van der Waals surface area (Å²) in [5.74, 6) is 7.34. The predicted octanol–water partition coefficient (Wildman–Crippen LogP) is 5.84. The first-order valence-electron chi connectivity index (χ1n) is 5.66. The molecule has 0 atom stereocenters. The van der Waals surface area contributed by atoms with Crippen LogP contribution in [0.5, 0.6) is 0 Å². The fourth-order valence-corrected chi connectivity index (χ4v) is 1.41. The zero-order chi connectivity index (χ0) is 13.1. The van der Waals surface area contributed by atoms with E-state index in [0.29, 0.717) is 0 Å². The molecule has 0 N–H and O–H groups in total. The fourth-order valence-electron chi connectivity index (χ4n) is 1.41. The van der Waals surface area contributed by atoms with Crippen LogP contribution in [-0.2, 0) is 19.6 Å². The van der Waals surface area contributed by atoms with E-state index in [1.165, 1.54) is 49.2 Å². The zero-order valence-corrected chi connectivity index (χ0v) is 17.8. The minimum atomic E-state index is 0. The van der Waals surface area contributed by atoms with E-state index >= 15 is 0 Å². The van der Waals surface area contributed by atoms with Gasteiger partial charge in [0.15, 0.2) is 0 Å². The number of hydrogen-bond donors (Lipinski definition) is 0. The van der Waals surface area contributed by atoms with Crippen molar-refractivity contribution < 1.29 is 19.6 Å². The molecule has 1 rings (SSSR count). The minimum Gasteiger partial charge on any atom is -0.358 e. The molecule has 0 aromatic heterocycles. The molecule has 1 aliphatic carbocycles. The molecular formula is C17H33NW-3. The second-order valence-corrected chi connectivity index (χ2v) is 6.04. The minimum absolute atomic E-state index is 0. The van der Waals surface area contributed by atoms with E-state index in [0.717, 1.165) is 0 Å². The standard InChI is InChI=1S/C10H15.C4H9N.3CH3.W/c1-6-7(2)9(4)10(5)8(6)3;1-4(2,3)5;;;;/h1-5H3;1-3H3;3*1H3;/q;;3*-1;. The molecule has 5 radical (unpaired) electrons. The number of hydrogen-bond acceptors (Lipinski definition) is 1. The van der Waals surface area contributed by atoms with Crippen molar-refractivity contribution in [2.45, 2.75) is 60.9 Å². The Morgan fingerprint density at radius 2 is 0.737 bits per heavy atom. The fraction of sp³-hybridized carbons (Fsp3) is 0.529. The Morgan fingerprint density at radius 3 is 0.789 bits per heavy atom. The van der Waals surface area contributed by atoms with Crippen molar-refractivity contribution in [3.8, 4) is 0 Å². The summed E-state index contributed by atoms with van der Waals surface area (Å²) in [4.78, 5) is 0. The first kappa shape index (κ1) is 27.8. The average Bonchev–Trinajstić information content (AvgIpc) is 2.37. The molecule has 0 aromatic rings. The molecule has 1 aliphatic rings. The van der Waals surface area contributed by atoms with Crippen molar-refractivity contribution in [2.75, 3.05) is 0 Å². The summed E-state index contributed by atoms with van der Waals surface area (Å²) in [6.45, 7) is 17.3. The maximum atomic E-state index is 4.10. The van der Waals surface area contributed by atoms with Crippen LogP contribution >= 0.6 is 0 Å². The van der Waals surface area contributed by atoms with Gasteiger partial charge in [-0.15, -0.1) is 0 Å². The van der Waals surface area contributed by atoms with Gasteiger partial charge in [0.2, 0.25) is 0 Å². The molecule has 2 heteroatoms. The monoisotopic (exact) mass is 435 g/mol. The Kier molecular flexibility index (Phi) is 16.3. The van der Waals surface area contributed by atoms with Crippen molar-refractivity contribution in [3.05, 3.63) is 51.9 Å². The molecule has 19 heavy (non-hydrogen) atoms. The van der Waals surface area contributed by atoms with E-state index in [4.69, 9.17) is 0 Å². The number of rotatable bonds is 0. The van der Waals surface area contributed by atoms with Crippen LogP contribution in [0.25, 0.3) is 0 Å². The molecule has 0 bridgehead atoms. The molecule has 0 amide bonds. The molecule has 1 fully saturated rings. The predicted molar refractivity (Wildman–Crippen MR) is 86.0 cm³/mol. The van der Waals surface area contributed by atoms with E-state index in [-0.39, 0.29) is 27.8 Å². The van der Waals surface area contributed by atoms with Gasteiger partial charge in [-0.3, -0.25) is 0 Å². The van der Waals surface area contributed by atoms with Gasteiger partial charge in [0, 0.05) is 0 Å². The van der Waals surface area contributed by atoms with E-state index in [2.05, 4.69) is 58.9 Å². The Morgan fingerprint density at radius 1 is 0.632 bits per heavy atom. The molecule has 0 aliphatic heterocycles. The van der Waals surface area contributed by atoms with E-state index < -0.39 is 0 Å². The molecule has 115 valence electrons. The van der Waals surface area contributed by atoms with Gasteiger partial charge in [-0.05, 0) is 29.6 Å². The Balaban J connectivity index is -0.000000112. The first-order valence-corrected chi connectivity index (χ1v) is 6.97. The van der Waals surface area contributed by atoms with Gasteiger partial charge in [0.1, 0.15) is 0 Å². The largest absolute Gasteiger partial charge is 0.358 e. The quantitative estimate of drug-likeness (QED) is 0.424. The van der Waals surface area contributed by atoms with Crippen LogP contribution in [0.3, 0.4) is 0 Å². The normalized spacial score (nSPS) is 18.5. The third kappa shape index (κ3) is 9.11. The van der Waals surface area contributed by atoms with Crippen molar-refractivity contribution >= 4 is 0 Å². The van der Waals surface area contributed by atoms with Gasteiger partial charge in [-0.1, -0.05) is 34.6 Å². The Labute approximate surface area is 136 Å². The topological polar surface area (TPSA) is 12.4 Å². The van der Waals surface area contributed by atoms with E-state index in [1.807, 2.05) is 0 Å². The van der Waals surface area contributed by atoms with E-state index in [1.54, 1.807) is 0 Å². The van der Waals surface area contributed by atoms with Crippen LogP contribution < -0.4 is 0 Å². The second-order valence-electron chi connectivity index (χ2n) is 5.39. The van der Waals surface area contributed by atoms with Crippen LogP contribution in [-0.4, -0.2) is 5.54 Å². The summed E-state index contributed by atoms with van der Waals surface area (Å²) in [5.41, 5.74) is 0.204. The van der Waals surface area contributed by atoms with Gasteiger partial charge in [-0.25, -0.2) is 0 Å². The van der Waals surface area contributed by atoms with Crippen molar-refractivity contribution in [1.29, 1.82) is 0 Å². The molecule has 0 heterocycles. The Hall–Kier alpha value is 0.488. The van der Waals surface area contributed by atoms with Crippen LogP contribution in [0.15, 0.2) is 3.50 Å². The summed E-state index contributed by atoms with van der Waals surface area (Å²) in [5, 5.41) is 0. The maximum Gasteiger partial charge on any atom is -0.0130 e. The van der Waals surface area contributed by atoms with Gasteiger partial charge in [-0.2, -0.15) is 0 Å². The Bertz CT molecular complexity index is 175. The van der Waals surface area contributed by atoms with Gasteiger partial charge < -0.3 is 22.3 Å². The molecule has 0 spiro atoms. The SMILES string of the molecule is CC(C)(C)[N]=[W].C[C]1[C](C)[C](C)[C](C)[C]1C.[CH3-].[CH3-].[CH3-]. The molecule has 1 saturated carbocycles. The maximum absolute atomic E-state index is 4.10. The summed E-state index contributed by atoms with van der Waals surface area (Å²) in [6.07, 6.45) is 0. The van der Waals surface area contributed by atoms with Crippen molar-refractivity contribution in [1.82, 2.24) is 0 Å². The summed E-state index contributed by atoms with van der Waals surface area (Å²) >= 11 is 1.32. The van der Waals surface area contributed by atoms with Gasteiger partial charge in [0.05, 0.1) is 0 Å². The third-order valence-corrected chi connectivity index (χ3v) is 5.05. The van der Waals surface area contributed by atoms with Crippen molar-refractivity contribution in [2.24, 2.45) is 3.50 Å². The first-order chi connectivity index (χ1) is 7.11. The molecule has 0 unspecified atom stereocenters. The third-order valence-electron chi connectivity index (χ3n) is 3.09. The molecular weight excluding hydrogens is 402 g/mol. The zero-order valence-electron chi connectivity index (χ0n) is 14.9. The van der Waals surface area contributed by atoms with Crippen LogP contribution in [0.4, 0.5) is 0 Å². The summed E-state index contributed by atoms with van der Waals surface area (Å²) < 4.78 is 4.10. The average molecular weight is 435 g/mol. The number of nitrogens with zero attached hydrogens (tertiary/aromatic N) is 1. The smallest absolute Gasteiger partial charge is 0.0130 e.